The van der Waals surface area contributed by atoms with Gasteiger partial charge in [0.2, 0.25) is 0 Å². The predicted molar refractivity (Wildman–Crippen MR) is 171 cm³/mol. The number of pyridine rings is 1. The minimum absolute atomic E-state index is 1.18. The molecule has 0 saturated heterocycles. The van der Waals surface area contributed by atoms with Gasteiger partial charge < -0.3 is 0 Å². The van der Waals surface area contributed by atoms with Crippen LogP contribution < -0.4 is 0 Å². The van der Waals surface area contributed by atoms with E-state index in [0.717, 1.165) is 0 Å². The van der Waals surface area contributed by atoms with Crippen LogP contribution in [0.2, 0.25) is 0 Å². The van der Waals surface area contributed by atoms with E-state index in [1.807, 2.05) is 12.4 Å². The minimum Gasteiger partial charge on any atom is -0.265 e. The Kier molecular flexibility index (Phi) is 5.21. The molecule has 0 saturated carbocycles. The molecule has 0 bridgehead atoms. The number of hydrogen-bond acceptors (Lipinski definition) is 1. The van der Waals surface area contributed by atoms with Gasteiger partial charge >= 0.3 is 0 Å². The van der Waals surface area contributed by atoms with Gasteiger partial charge in [0.1, 0.15) is 0 Å². The summed E-state index contributed by atoms with van der Waals surface area (Å²) < 4.78 is 0. The first-order chi connectivity index (χ1) is 19.8. The van der Waals surface area contributed by atoms with E-state index in [9.17, 15) is 0 Å². The Balaban J connectivity index is 1.40. The van der Waals surface area contributed by atoms with E-state index in [1.165, 1.54) is 76.5 Å². The monoisotopic (exact) mass is 507 g/mol. The third-order valence-electron chi connectivity index (χ3n) is 8.13. The molecular weight excluding hydrogens is 482 g/mol. The number of rotatable bonds is 3. The van der Waals surface area contributed by atoms with E-state index < -0.39 is 0 Å². The average molecular weight is 508 g/mol. The number of benzene rings is 7. The number of fused-ring (bicyclic) bond motifs is 4. The quantitative estimate of drug-likeness (QED) is 0.217. The molecule has 0 aliphatic heterocycles. The Morgan fingerprint density at radius 1 is 0.325 bits per heavy atom. The van der Waals surface area contributed by atoms with Crippen molar-refractivity contribution in [1.82, 2.24) is 4.98 Å². The molecule has 1 heterocycles. The molecule has 8 aromatic rings. The second-order valence-electron chi connectivity index (χ2n) is 10.4. The maximum Gasteiger partial charge on any atom is 0.0273 e. The van der Waals surface area contributed by atoms with E-state index in [-0.39, 0.29) is 0 Å². The van der Waals surface area contributed by atoms with Gasteiger partial charge in [-0.1, -0.05) is 115 Å². The van der Waals surface area contributed by atoms with Crippen molar-refractivity contribution >= 4 is 43.1 Å². The fourth-order valence-corrected chi connectivity index (χ4v) is 6.30. The zero-order valence-electron chi connectivity index (χ0n) is 21.9. The van der Waals surface area contributed by atoms with Crippen LogP contribution in [0.1, 0.15) is 0 Å². The van der Waals surface area contributed by atoms with Gasteiger partial charge in [-0.05, 0) is 101 Å². The van der Waals surface area contributed by atoms with Gasteiger partial charge in [0.15, 0.2) is 0 Å². The summed E-state index contributed by atoms with van der Waals surface area (Å²) in [5, 5.41) is 10.1. The topological polar surface area (TPSA) is 12.9 Å². The van der Waals surface area contributed by atoms with Gasteiger partial charge in [0, 0.05) is 12.4 Å². The molecule has 0 atom stereocenters. The third kappa shape index (κ3) is 3.60. The second-order valence-corrected chi connectivity index (χ2v) is 10.4. The molecule has 0 fully saturated rings. The summed E-state index contributed by atoms with van der Waals surface area (Å²) >= 11 is 0. The molecule has 0 radical (unpaired) electrons. The molecule has 0 aliphatic rings. The van der Waals surface area contributed by atoms with Gasteiger partial charge in [-0.2, -0.15) is 0 Å². The van der Waals surface area contributed by atoms with Crippen molar-refractivity contribution in [3.8, 4) is 33.4 Å². The van der Waals surface area contributed by atoms with Crippen LogP contribution in [0.15, 0.2) is 152 Å². The van der Waals surface area contributed by atoms with E-state index in [2.05, 4.69) is 145 Å². The molecule has 0 unspecified atom stereocenters. The molecular formula is C39H25N. The molecule has 1 heteroatoms. The first-order valence-corrected chi connectivity index (χ1v) is 13.7. The predicted octanol–water partition coefficient (Wildman–Crippen LogP) is 10.7. The fourth-order valence-electron chi connectivity index (χ4n) is 6.30. The summed E-state index contributed by atoms with van der Waals surface area (Å²) in [6, 6.07) is 50.9. The Morgan fingerprint density at radius 2 is 0.850 bits per heavy atom. The summed E-state index contributed by atoms with van der Waals surface area (Å²) in [5.41, 5.74) is 7.49. The highest BCUT2D eigenvalue weighted by Crippen LogP contribution is 2.45. The van der Waals surface area contributed by atoms with Gasteiger partial charge in [-0.25, -0.2) is 0 Å². The van der Waals surface area contributed by atoms with Crippen LogP contribution in [0.5, 0.6) is 0 Å². The fraction of sp³-hybridized carbons (Fsp3) is 0. The van der Waals surface area contributed by atoms with Crippen LogP contribution in [0.3, 0.4) is 0 Å². The van der Waals surface area contributed by atoms with E-state index >= 15 is 0 Å². The van der Waals surface area contributed by atoms with Gasteiger partial charge in [-0.15, -0.1) is 0 Å². The van der Waals surface area contributed by atoms with Crippen LogP contribution in [0, 0.1) is 0 Å². The Labute approximate surface area is 233 Å². The first-order valence-electron chi connectivity index (χ1n) is 13.7. The highest BCUT2D eigenvalue weighted by Gasteiger charge is 2.18. The lowest BCUT2D eigenvalue weighted by Gasteiger charge is -2.19. The lowest BCUT2D eigenvalue weighted by molar-refractivity contribution is 1.33. The number of hydrogen-bond donors (Lipinski definition) is 0. The smallest absolute Gasteiger partial charge is 0.0273 e. The number of nitrogens with zero attached hydrogens (tertiary/aromatic N) is 1. The first kappa shape index (κ1) is 22.7. The third-order valence-corrected chi connectivity index (χ3v) is 8.13. The van der Waals surface area contributed by atoms with Crippen molar-refractivity contribution in [2.45, 2.75) is 0 Å². The standard InChI is InChI=1S/C39H25N/c1-2-10-32-27(8-1)9-7-15-33(32)39-36-13-5-3-11-34(36)38(35-12-4-6-14-37(35)39)31-19-18-29-24-28(16-17-30(29)25-31)26-20-22-40-23-21-26/h1-25H. The van der Waals surface area contributed by atoms with Crippen LogP contribution in [-0.4, -0.2) is 4.98 Å². The average Bonchev–Trinajstić information content (AvgIpc) is 3.03. The molecule has 0 aliphatic carbocycles. The largest absolute Gasteiger partial charge is 0.265 e. The van der Waals surface area contributed by atoms with Crippen LogP contribution in [0.4, 0.5) is 0 Å². The van der Waals surface area contributed by atoms with Crippen molar-refractivity contribution in [2.75, 3.05) is 0 Å². The van der Waals surface area contributed by atoms with Gasteiger partial charge in [0.05, 0.1) is 0 Å². The zero-order chi connectivity index (χ0) is 26.5. The summed E-state index contributed by atoms with van der Waals surface area (Å²) in [5.74, 6) is 0. The molecule has 0 spiro atoms. The van der Waals surface area contributed by atoms with E-state index in [4.69, 9.17) is 0 Å². The summed E-state index contributed by atoms with van der Waals surface area (Å²) in [7, 11) is 0. The zero-order valence-corrected chi connectivity index (χ0v) is 21.9. The number of aromatic nitrogens is 1. The molecule has 8 rings (SSSR count). The second kappa shape index (κ2) is 9.18. The van der Waals surface area contributed by atoms with Crippen molar-refractivity contribution < 1.29 is 0 Å². The molecule has 0 amide bonds. The Morgan fingerprint density at radius 3 is 1.52 bits per heavy atom. The van der Waals surface area contributed by atoms with Crippen molar-refractivity contribution in [3.05, 3.63) is 152 Å². The highest BCUT2D eigenvalue weighted by atomic mass is 14.6. The molecule has 7 aromatic carbocycles. The van der Waals surface area contributed by atoms with Gasteiger partial charge in [0.25, 0.3) is 0 Å². The van der Waals surface area contributed by atoms with Crippen LogP contribution in [0.25, 0.3) is 76.5 Å². The summed E-state index contributed by atoms with van der Waals surface area (Å²) in [4.78, 5) is 4.17. The molecule has 1 aromatic heterocycles. The molecule has 186 valence electrons. The van der Waals surface area contributed by atoms with Crippen molar-refractivity contribution in [1.29, 1.82) is 0 Å². The van der Waals surface area contributed by atoms with Gasteiger partial charge in [-0.3, -0.25) is 4.98 Å². The molecule has 1 nitrogen and oxygen atoms in total. The minimum atomic E-state index is 1.18. The van der Waals surface area contributed by atoms with E-state index in [0.29, 0.717) is 0 Å². The highest BCUT2D eigenvalue weighted by molar-refractivity contribution is 6.23. The lowest BCUT2D eigenvalue weighted by Crippen LogP contribution is -1.91. The molecule has 40 heavy (non-hydrogen) atoms. The normalized spacial score (nSPS) is 11.5. The Bertz CT molecular complexity index is 2150. The molecule has 0 N–H and O–H groups in total. The van der Waals surface area contributed by atoms with Crippen molar-refractivity contribution in [2.24, 2.45) is 0 Å². The summed E-state index contributed by atoms with van der Waals surface area (Å²) in [6.07, 6.45) is 3.70. The van der Waals surface area contributed by atoms with Crippen molar-refractivity contribution in [3.63, 3.8) is 0 Å². The maximum absolute atomic E-state index is 4.17. The maximum atomic E-state index is 4.17. The lowest BCUT2D eigenvalue weighted by atomic mass is 9.84. The SMILES string of the molecule is c1ccc2c(-c3c4ccccc4c(-c4ccc5cc(-c6ccncc6)ccc5c4)c4ccccc34)cccc2c1. The Hall–Kier alpha value is -5.27. The van der Waals surface area contributed by atoms with Crippen LogP contribution in [-0.2, 0) is 0 Å². The van der Waals surface area contributed by atoms with E-state index in [1.54, 1.807) is 0 Å². The van der Waals surface area contributed by atoms with Crippen LogP contribution >= 0.6 is 0 Å². The summed E-state index contributed by atoms with van der Waals surface area (Å²) in [6.45, 7) is 0.